The van der Waals surface area contributed by atoms with E-state index >= 15 is 0 Å². The van der Waals surface area contributed by atoms with E-state index in [9.17, 15) is 0 Å². The smallest absolute Gasteiger partial charge is 0.123 e. The highest BCUT2D eigenvalue weighted by Crippen LogP contribution is 2.16. The van der Waals surface area contributed by atoms with Crippen LogP contribution in [0.25, 0.3) is 0 Å². The highest BCUT2D eigenvalue weighted by molar-refractivity contribution is 5.29. The van der Waals surface area contributed by atoms with Crippen LogP contribution in [0, 0.1) is 0 Å². The van der Waals surface area contributed by atoms with Crippen LogP contribution < -0.4 is 5.73 Å². The number of piperazine rings is 1. The molecule has 1 aromatic heterocycles. The summed E-state index contributed by atoms with van der Waals surface area (Å²) in [5.41, 5.74) is 6.83. The molecule has 0 bridgehead atoms. The minimum Gasteiger partial charge on any atom is -0.384 e. The number of nitrogen functional groups attached to an aromatic ring is 1. The maximum Gasteiger partial charge on any atom is 0.123 e. The number of pyridine rings is 1. The highest BCUT2D eigenvalue weighted by atomic mass is 16.5. The average molecular weight is 248 g/mol. The second-order valence-corrected chi connectivity index (χ2v) is 5.09. The molecule has 3 rings (SSSR count). The van der Waals surface area contributed by atoms with Crippen molar-refractivity contribution in [3.63, 3.8) is 0 Å². The molecule has 5 heteroatoms. The van der Waals surface area contributed by atoms with Crippen molar-refractivity contribution in [2.75, 3.05) is 45.1 Å². The van der Waals surface area contributed by atoms with Crippen LogP contribution in [0.3, 0.4) is 0 Å². The number of fused-ring (bicyclic) bond motifs is 1. The van der Waals surface area contributed by atoms with Crippen molar-refractivity contribution in [1.82, 2.24) is 14.8 Å². The van der Waals surface area contributed by atoms with Gasteiger partial charge in [-0.2, -0.15) is 0 Å². The molecule has 2 fully saturated rings. The van der Waals surface area contributed by atoms with E-state index in [4.69, 9.17) is 10.5 Å². The molecule has 3 heterocycles. The second-order valence-electron chi connectivity index (χ2n) is 5.09. The van der Waals surface area contributed by atoms with E-state index in [1.54, 1.807) is 0 Å². The third-order valence-electron chi connectivity index (χ3n) is 3.78. The van der Waals surface area contributed by atoms with Crippen LogP contribution in [0.4, 0.5) is 5.82 Å². The van der Waals surface area contributed by atoms with Crippen LogP contribution >= 0.6 is 0 Å². The molecule has 5 nitrogen and oxygen atoms in total. The molecular formula is C13H20N4O. The fraction of sp³-hybridized carbons (Fsp3) is 0.615. The van der Waals surface area contributed by atoms with Crippen LogP contribution in [0.1, 0.15) is 5.56 Å². The van der Waals surface area contributed by atoms with E-state index in [-0.39, 0.29) is 0 Å². The van der Waals surface area contributed by atoms with E-state index in [0.717, 1.165) is 45.9 Å². The monoisotopic (exact) mass is 248 g/mol. The Bertz CT molecular complexity index is 394. The predicted octanol–water partition coefficient (Wildman–Crippen LogP) is 0.180. The zero-order chi connectivity index (χ0) is 12.4. The standard InChI is InChI=1S/C13H20N4O/c14-13-2-1-11(7-15-13)8-16-3-4-17-5-6-18-10-12(17)9-16/h1-2,7,12H,3-6,8-10H2,(H2,14,15)/t12-/m1/s1. The number of ether oxygens (including phenoxy) is 1. The Hall–Kier alpha value is -1.17. The first-order valence-corrected chi connectivity index (χ1v) is 6.56. The van der Waals surface area contributed by atoms with E-state index in [2.05, 4.69) is 20.9 Å². The van der Waals surface area contributed by atoms with Gasteiger partial charge in [-0.25, -0.2) is 4.98 Å². The van der Waals surface area contributed by atoms with Crippen molar-refractivity contribution in [2.24, 2.45) is 0 Å². The zero-order valence-corrected chi connectivity index (χ0v) is 10.6. The maximum absolute atomic E-state index is 5.60. The van der Waals surface area contributed by atoms with Crippen molar-refractivity contribution in [2.45, 2.75) is 12.6 Å². The molecule has 0 aliphatic carbocycles. The van der Waals surface area contributed by atoms with E-state index in [1.165, 1.54) is 5.56 Å². The van der Waals surface area contributed by atoms with Crippen LogP contribution in [0.5, 0.6) is 0 Å². The molecule has 1 atom stereocenters. The van der Waals surface area contributed by atoms with Crippen LogP contribution in [0.2, 0.25) is 0 Å². The number of morpholine rings is 1. The number of hydrogen-bond acceptors (Lipinski definition) is 5. The van der Waals surface area contributed by atoms with Gasteiger partial charge < -0.3 is 10.5 Å². The summed E-state index contributed by atoms with van der Waals surface area (Å²) in [6.45, 7) is 7.16. The summed E-state index contributed by atoms with van der Waals surface area (Å²) in [5, 5.41) is 0. The number of nitrogens with two attached hydrogens (primary N) is 1. The number of anilines is 1. The summed E-state index contributed by atoms with van der Waals surface area (Å²) in [7, 11) is 0. The largest absolute Gasteiger partial charge is 0.384 e. The third-order valence-corrected chi connectivity index (χ3v) is 3.78. The highest BCUT2D eigenvalue weighted by Gasteiger charge is 2.29. The van der Waals surface area contributed by atoms with Gasteiger partial charge >= 0.3 is 0 Å². The Morgan fingerprint density at radius 1 is 1.33 bits per heavy atom. The van der Waals surface area contributed by atoms with Crippen molar-refractivity contribution >= 4 is 5.82 Å². The average Bonchev–Trinajstić information content (AvgIpc) is 2.41. The summed E-state index contributed by atoms with van der Waals surface area (Å²) in [6.07, 6.45) is 1.87. The normalized spacial score (nSPS) is 25.9. The summed E-state index contributed by atoms with van der Waals surface area (Å²) in [6, 6.07) is 4.50. The van der Waals surface area contributed by atoms with Gasteiger partial charge in [0.1, 0.15) is 5.82 Å². The third kappa shape index (κ3) is 2.63. The number of aromatic nitrogens is 1. The Labute approximate surface area is 108 Å². The molecule has 0 saturated carbocycles. The van der Waals surface area contributed by atoms with Crippen molar-refractivity contribution in [1.29, 1.82) is 0 Å². The Morgan fingerprint density at radius 3 is 3.11 bits per heavy atom. The van der Waals surface area contributed by atoms with Gasteiger partial charge in [-0.15, -0.1) is 0 Å². The maximum atomic E-state index is 5.60. The van der Waals surface area contributed by atoms with Crippen LogP contribution in [-0.4, -0.2) is 60.2 Å². The van der Waals surface area contributed by atoms with Gasteiger partial charge in [-0.3, -0.25) is 9.80 Å². The van der Waals surface area contributed by atoms with Crippen molar-refractivity contribution in [3.05, 3.63) is 23.9 Å². The number of hydrogen-bond donors (Lipinski definition) is 1. The van der Waals surface area contributed by atoms with Gasteiger partial charge in [0.15, 0.2) is 0 Å². The Balaban J connectivity index is 1.59. The van der Waals surface area contributed by atoms with Crippen molar-refractivity contribution in [3.8, 4) is 0 Å². The van der Waals surface area contributed by atoms with Gasteiger partial charge in [-0.05, 0) is 11.6 Å². The van der Waals surface area contributed by atoms with E-state index in [0.29, 0.717) is 11.9 Å². The fourth-order valence-electron chi connectivity index (χ4n) is 2.74. The summed E-state index contributed by atoms with van der Waals surface area (Å²) in [5.74, 6) is 0.587. The number of nitrogens with zero attached hydrogens (tertiary/aromatic N) is 3. The zero-order valence-electron chi connectivity index (χ0n) is 10.6. The molecule has 2 aliphatic rings. The first-order chi connectivity index (χ1) is 8.81. The molecular weight excluding hydrogens is 228 g/mol. The molecule has 0 radical (unpaired) electrons. The molecule has 2 N–H and O–H groups in total. The van der Waals surface area contributed by atoms with Crippen molar-refractivity contribution < 1.29 is 4.74 Å². The minimum atomic E-state index is 0.564. The van der Waals surface area contributed by atoms with Gasteiger partial charge in [-0.1, -0.05) is 6.07 Å². The van der Waals surface area contributed by atoms with E-state index in [1.807, 2.05) is 12.3 Å². The summed E-state index contributed by atoms with van der Waals surface area (Å²) >= 11 is 0. The number of rotatable bonds is 2. The SMILES string of the molecule is Nc1ccc(CN2CCN3CCOC[C@H]3C2)cn1. The predicted molar refractivity (Wildman–Crippen MR) is 70.1 cm³/mol. The van der Waals surface area contributed by atoms with Gasteiger partial charge in [0.25, 0.3) is 0 Å². The molecule has 2 aliphatic heterocycles. The topological polar surface area (TPSA) is 54.6 Å². The van der Waals surface area contributed by atoms with Crippen LogP contribution in [-0.2, 0) is 11.3 Å². The van der Waals surface area contributed by atoms with Gasteiger partial charge in [0.2, 0.25) is 0 Å². The Morgan fingerprint density at radius 2 is 2.28 bits per heavy atom. The molecule has 2 saturated heterocycles. The molecule has 1 aromatic rings. The quantitative estimate of drug-likeness (QED) is 0.809. The van der Waals surface area contributed by atoms with Crippen LogP contribution in [0.15, 0.2) is 18.3 Å². The Kier molecular flexibility index (Phi) is 3.45. The van der Waals surface area contributed by atoms with E-state index < -0.39 is 0 Å². The lowest BCUT2D eigenvalue weighted by molar-refractivity contribution is -0.0461. The molecule has 98 valence electrons. The fourth-order valence-corrected chi connectivity index (χ4v) is 2.74. The molecule has 0 aromatic carbocycles. The lowest BCUT2D eigenvalue weighted by atomic mass is 10.1. The summed E-state index contributed by atoms with van der Waals surface area (Å²) < 4.78 is 5.56. The van der Waals surface area contributed by atoms with Gasteiger partial charge in [0.05, 0.1) is 13.2 Å². The first kappa shape index (κ1) is 11.9. The minimum absolute atomic E-state index is 0.564. The molecule has 0 spiro atoms. The second kappa shape index (κ2) is 5.22. The molecule has 0 unspecified atom stereocenters. The molecule has 0 amide bonds. The lowest BCUT2D eigenvalue weighted by Crippen LogP contribution is -2.57. The lowest BCUT2D eigenvalue weighted by Gasteiger charge is -2.43. The molecule has 18 heavy (non-hydrogen) atoms. The first-order valence-electron chi connectivity index (χ1n) is 6.56. The van der Waals surface area contributed by atoms with Gasteiger partial charge in [0, 0.05) is 45.0 Å². The summed E-state index contributed by atoms with van der Waals surface area (Å²) in [4.78, 5) is 9.16.